The molecule has 0 N–H and O–H groups in total. The number of ketones is 2. The van der Waals surface area contributed by atoms with Crippen molar-refractivity contribution in [3.8, 4) is 11.5 Å². The lowest BCUT2D eigenvalue weighted by atomic mass is 10.1. The van der Waals surface area contributed by atoms with Gasteiger partial charge < -0.3 is 14.2 Å². The number of hydrogen-bond donors (Lipinski definition) is 0. The Hall–Kier alpha value is -2.63. The number of methoxy groups -OCH3 is 2. The van der Waals surface area contributed by atoms with Crippen LogP contribution in [0.1, 0.15) is 18.9 Å². The fourth-order valence-corrected chi connectivity index (χ4v) is 1.65. The zero-order valence-electron chi connectivity index (χ0n) is 12.8. The summed E-state index contributed by atoms with van der Waals surface area (Å²) in [5.74, 6) is -1.23. The third kappa shape index (κ3) is 5.05. The van der Waals surface area contributed by atoms with Crippen LogP contribution >= 0.6 is 0 Å². The molecule has 1 aromatic rings. The van der Waals surface area contributed by atoms with Crippen LogP contribution in [0.3, 0.4) is 0 Å². The van der Waals surface area contributed by atoms with E-state index < -0.39 is 24.0 Å². The fraction of sp³-hybridized carbons (Fsp3) is 0.312. The summed E-state index contributed by atoms with van der Waals surface area (Å²) >= 11 is 0. The van der Waals surface area contributed by atoms with E-state index >= 15 is 0 Å². The van der Waals surface area contributed by atoms with Crippen LogP contribution in [0, 0.1) is 0 Å². The van der Waals surface area contributed by atoms with Crippen molar-refractivity contribution in [1.82, 2.24) is 0 Å². The van der Waals surface area contributed by atoms with Gasteiger partial charge in [0, 0.05) is 0 Å². The van der Waals surface area contributed by atoms with Crippen LogP contribution < -0.4 is 9.47 Å². The molecule has 22 heavy (non-hydrogen) atoms. The minimum absolute atomic E-state index is 0.0975. The highest BCUT2D eigenvalue weighted by Crippen LogP contribution is 2.27. The Morgan fingerprint density at radius 2 is 1.77 bits per heavy atom. The predicted molar refractivity (Wildman–Crippen MR) is 79.8 cm³/mol. The molecule has 1 aromatic carbocycles. The van der Waals surface area contributed by atoms with Gasteiger partial charge in [0.2, 0.25) is 5.78 Å². The number of hydrogen-bond acceptors (Lipinski definition) is 6. The van der Waals surface area contributed by atoms with E-state index in [1.807, 2.05) is 0 Å². The Labute approximate surface area is 128 Å². The van der Waals surface area contributed by atoms with Gasteiger partial charge in [-0.05, 0) is 30.7 Å². The molecule has 0 aromatic heterocycles. The summed E-state index contributed by atoms with van der Waals surface area (Å²) in [6.07, 6.45) is 2.25. The van der Waals surface area contributed by atoms with Crippen LogP contribution in [0.15, 0.2) is 24.3 Å². The van der Waals surface area contributed by atoms with E-state index in [2.05, 4.69) is 4.74 Å². The lowest BCUT2D eigenvalue weighted by molar-refractivity contribution is -0.154. The molecule has 0 aliphatic rings. The molecular weight excluding hydrogens is 288 g/mol. The van der Waals surface area contributed by atoms with E-state index in [1.165, 1.54) is 26.4 Å². The zero-order chi connectivity index (χ0) is 16.5. The Morgan fingerprint density at radius 1 is 1.09 bits per heavy atom. The number of carbonyl (C=O) groups excluding carboxylic acids is 3. The third-order valence-electron chi connectivity index (χ3n) is 2.71. The molecule has 0 unspecified atom stereocenters. The van der Waals surface area contributed by atoms with E-state index in [9.17, 15) is 14.4 Å². The van der Waals surface area contributed by atoms with Crippen LogP contribution in [0.25, 0.3) is 6.08 Å². The summed E-state index contributed by atoms with van der Waals surface area (Å²) in [7, 11) is 3.03. The summed E-state index contributed by atoms with van der Waals surface area (Å²) in [6, 6.07) is 5.13. The minimum atomic E-state index is -0.990. The van der Waals surface area contributed by atoms with Crippen LogP contribution in [0.4, 0.5) is 0 Å². The standard InChI is InChI=1S/C16H18O6/c1-4-22-16(19)13(18)10-12(17)7-5-11-6-8-14(20-2)15(9-11)21-3/h5-9H,4,10H2,1-3H3. The number of allylic oxidation sites excluding steroid dienone is 1. The fourth-order valence-electron chi connectivity index (χ4n) is 1.65. The molecular formula is C16H18O6. The van der Waals surface area contributed by atoms with Crippen LogP contribution in [0.2, 0.25) is 0 Å². The molecule has 0 saturated carbocycles. The van der Waals surface area contributed by atoms with E-state index in [-0.39, 0.29) is 6.61 Å². The highest BCUT2D eigenvalue weighted by molar-refractivity contribution is 6.37. The van der Waals surface area contributed by atoms with Crippen molar-refractivity contribution in [1.29, 1.82) is 0 Å². The van der Waals surface area contributed by atoms with Gasteiger partial charge in [0.1, 0.15) is 0 Å². The molecule has 0 atom stereocenters. The smallest absolute Gasteiger partial charge is 0.375 e. The summed E-state index contributed by atoms with van der Waals surface area (Å²) in [6.45, 7) is 1.68. The maximum absolute atomic E-state index is 11.6. The van der Waals surface area contributed by atoms with Gasteiger partial charge in [-0.25, -0.2) is 4.79 Å². The third-order valence-corrected chi connectivity index (χ3v) is 2.71. The van der Waals surface area contributed by atoms with Gasteiger partial charge in [-0.15, -0.1) is 0 Å². The molecule has 6 heteroatoms. The number of Topliss-reactive ketones (excluding diaryl/α,β-unsaturated/α-hetero) is 1. The monoisotopic (exact) mass is 306 g/mol. The van der Waals surface area contributed by atoms with Crippen molar-refractivity contribution < 1.29 is 28.6 Å². The topological polar surface area (TPSA) is 78.9 Å². The second-order valence-electron chi connectivity index (χ2n) is 4.23. The van der Waals surface area contributed by atoms with Gasteiger partial charge in [-0.1, -0.05) is 12.1 Å². The van der Waals surface area contributed by atoms with Crippen molar-refractivity contribution in [2.45, 2.75) is 13.3 Å². The van der Waals surface area contributed by atoms with Crippen LogP contribution in [-0.4, -0.2) is 38.4 Å². The van der Waals surface area contributed by atoms with Crippen LogP contribution in [0.5, 0.6) is 11.5 Å². The van der Waals surface area contributed by atoms with Crippen molar-refractivity contribution in [3.05, 3.63) is 29.8 Å². The molecule has 0 heterocycles. The molecule has 0 bridgehead atoms. The molecule has 0 fully saturated rings. The Balaban J connectivity index is 2.70. The lowest BCUT2D eigenvalue weighted by Crippen LogP contribution is -2.19. The maximum atomic E-state index is 11.6. The second kappa shape index (κ2) is 8.61. The number of ether oxygens (including phenoxy) is 3. The Morgan fingerprint density at radius 3 is 2.36 bits per heavy atom. The van der Waals surface area contributed by atoms with Crippen LogP contribution in [-0.2, 0) is 19.1 Å². The number of benzene rings is 1. The van der Waals surface area contributed by atoms with Gasteiger partial charge >= 0.3 is 5.97 Å². The van der Waals surface area contributed by atoms with E-state index in [0.717, 1.165) is 0 Å². The molecule has 0 amide bonds. The number of carbonyl (C=O) groups is 3. The van der Waals surface area contributed by atoms with Crippen molar-refractivity contribution in [2.75, 3.05) is 20.8 Å². The molecule has 0 radical (unpaired) electrons. The van der Waals surface area contributed by atoms with Crippen molar-refractivity contribution in [2.24, 2.45) is 0 Å². The Bertz CT molecular complexity index is 588. The van der Waals surface area contributed by atoms with Gasteiger partial charge in [0.15, 0.2) is 17.3 Å². The maximum Gasteiger partial charge on any atom is 0.375 e. The second-order valence-corrected chi connectivity index (χ2v) is 4.23. The molecule has 118 valence electrons. The quantitative estimate of drug-likeness (QED) is 0.315. The SMILES string of the molecule is CCOC(=O)C(=O)CC(=O)C=Cc1ccc(OC)c(OC)c1. The molecule has 6 nitrogen and oxygen atoms in total. The van der Waals surface area contributed by atoms with Crippen molar-refractivity contribution >= 4 is 23.6 Å². The normalized spacial score (nSPS) is 10.3. The zero-order valence-corrected chi connectivity index (χ0v) is 12.8. The first kappa shape index (κ1) is 17.4. The molecule has 0 spiro atoms. The average Bonchev–Trinajstić information content (AvgIpc) is 2.52. The molecule has 1 rings (SSSR count). The average molecular weight is 306 g/mol. The van der Waals surface area contributed by atoms with E-state index in [0.29, 0.717) is 17.1 Å². The van der Waals surface area contributed by atoms with Gasteiger partial charge in [-0.2, -0.15) is 0 Å². The molecule has 0 aliphatic heterocycles. The Kier molecular flexibility index (Phi) is 6.82. The van der Waals surface area contributed by atoms with Gasteiger partial charge in [-0.3, -0.25) is 9.59 Å². The first-order chi connectivity index (χ1) is 10.5. The van der Waals surface area contributed by atoms with E-state index in [4.69, 9.17) is 9.47 Å². The number of esters is 1. The first-order valence-electron chi connectivity index (χ1n) is 6.64. The summed E-state index contributed by atoms with van der Waals surface area (Å²) in [5, 5.41) is 0. The van der Waals surface area contributed by atoms with E-state index in [1.54, 1.807) is 25.1 Å². The molecule has 0 saturated heterocycles. The highest BCUT2D eigenvalue weighted by Gasteiger charge is 2.17. The largest absolute Gasteiger partial charge is 0.493 e. The van der Waals surface area contributed by atoms with Gasteiger partial charge in [0.25, 0.3) is 0 Å². The van der Waals surface area contributed by atoms with Crippen molar-refractivity contribution in [3.63, 3.8) is 0 Å². The van der Waals surface area contributed by atoms with Gasteiger partial charge in [0.05, 0.1) is 27.2 Å². The minimum Gasteiger partial charge on any atom is -0.493 e. The first-order valence-corrected chi connectivity index (χ1v) is 6.64. The predicted octanol–water partition coefficient (Wildman–Crippen LogP) is 1.81. The highest BCUT2D eigenvalue weighted by atomic mass is 16.5. The lowest BCUT2D eigenvalue weighted by Gasteiger charge is -2.07. The molecule has 0 aliphatic carbocycles. The number of rotatable bonds is 8. The summed E-state index contributed by atoms with van der Waals surface area (Å²) in [5.41, 5.74) is 0.703. The summed E-state index contributed by atoms with van der Waals surface area (Å²) < 4.78 is 14.8. The summed E-state index contributed by atoms with van der Waals surface area (Å²) in [4.78, 5) is 34.1.